The zero-order chi connectivity index (χ0) is 12.8. The molecule has 0 spiro atoms. The Labute approximate surface area is 104 Å². The Hall–Kier alpha value is -1.12. The van der Waals surface area contributed by atoms with Gasteiger partial charge in [-0.05, 0) is 14.0 Å². The van der Waals surface area contributed by atoms with Crippen molar-refractivity contribution in [2.75, 3.05) is 46.8 Å². The predicted octanol–water partition coefficient (Wildman–Crippen LogP) is -0.00562. The maximum Gasteiger partial charge on any atom is 0.236 e. The second-order valence-corrected chi connectivity index (χ2v) is 4.79. The van der Waals surface area contributed by atoms with Crippen LogP contribution in [0.4, 0.5) is 0 Å². The van der Waals surface area contributed by atoms with Crippen LogP contribution in [0.2, 0.25) is 0 Å². The minimum atomic E-state index is 0.108. The molecule has 1 heterocycles. The van der Waals surface area contributed by atoms with Crippen molar-refractivity contribution in [3.05, 3.63) is 0 Å². The number of likely N-dealkylation sites (N-methyl/N-ethyl adjacent to an activating group) is 2. The van der Waals surface area contributed by atoms with E-state index in [4.69, 9.17) is 5.26 Å². The van der Waals surface area contributed by atoms with E-state index in [2.05, 4.69) is 29.8 Å². The van der Waals surface area contributed by atoms with Gasteiger partial charge >= 0.3 is 0 Å². The fraction of sp³-hybridized carbons (Fsp3) is 0.833. The Balaban J connectivity index is 2.34. The molecule has 5 heteroatoms. The van der Waals surface area contributed by atoms with Crippen LogP contribution in [0.1, 0.15) is 13.3 Å². The van der Waals surface area contributed by atoms with Crippen molar-refractivity contribution >= 4 is 5.91 Å². The minimum Gasteiger partial charge on any atom is -0.344 e. The van der Waals surface area contributed by atoms with E-state index >= 15 is 0 Å². The van der Waals surface area contributed by atoms with Gasteiger partial charge in [0.15, 0.2) is 0 Å². The summed E-state index contributed by atoms with van der Waals surface area (Å²) in [6, 6.07) is 2.56. The Morgan fingerprint density at radius 2 is 2.24 bits per heavy atom. The molecule has 17 heavy (non-hydrogen) atoms. The molecule has 1 unspecified atom stereocenters. The van der Waals surface area contributed by atoms with Gasteiger partial charge in [-0.15, -0.1) is 0 Å². The molecule has 1 aliphatic rings. The molecule has 0 saturated carbocycles. The van der Waals surface area contributed by atoms with Crippen molar-refractivity contribution in [2.45, 2.75) is 19.4 Å². The smallest absolute Gasteiger partial charge is 0.236 e. The van der Waals surface area contributed by atoms with Gasteiger partial charge in [0.05, 0.1) is 19.0 Å². The van der Waals surface area contributed by atoms with Gasteiger partial charge in [-0.25, -0.2) is 0 Å². The van der Waals surface area contributed by atoms with E-state index in [0.717, 1.165) is 19.6 Å². The molecule has 0 bridgehead atoms. The van der Waals surface area contributed by atoms with Crippen LogP contribution in [-0.2, 0) is 4.79 Å². The van der Waals surface area contributed by atoms with Crippen LogP contribution in [0, 0.1) is 11.3 Å². The average Bonchev–Trinajstić information content (AvgIpc) is 2.30. The van der Waals surface area contributed by atoms with Gasteiger partial charge in [0.25, 0.3) is 0 Å². The van der Waals surface area contributed by atoms with Crippen LogP contribution in [0.3, 0.4) is 0 Å². The first-order valence-electron chi connectivity index (χ1n) is 6.08. The second kappa shape index (κ2) is 6.58. The molecule has 0 N–H and O–H groups in total. The van der Waals surface area contributed by atoms with Crippen molar-refractivity contribution in [2.24, 2.45) is 0 Å². The summed E-state index contributed by atoms with van der Waals surface area (Å²) >= 11 is 0. The van der Waals surface area contributed by atoms with Crippen LogP contribution in [0.25, 0.3) is 0 Å². The summed E-state index contributed by atoms with van der Waals surface area (Å²) < 4.78 is 0. The number of rotatable bonds is 4. The van der Waals surface area contributed by atoms with Crippen molar-refractivity contribution in [1.29, 1.82) is 5.26 Å². The highest BCUT2D eigenvalue weighted by Gasteiger charge is 2.22. The zero-order valence-corrected chi connectivity index (χ0v) is 11.0. The summed E-state index contributed by atoms with van der Waals surface area (Å²) in [6.07, 6.45) is 0.404. The molecule has 1 fully saturated rings. The zero-order valence-electron chi connectivity index (χ0n) is 11.0. The molecule has 0 aromatic heterocycles. The van der Waals surface area contributed by atoms with Crippen LogP contribution in [0.5, 0.6) is 0 Å². The highest BCUT2D eigenvalue weighted by atomic mass is 16.2. The molecular weight excluding hydrogens is 216 g/mol. The second-order valence-electron chi connectivity index (χ2n) is 4.79. The van der Waals surface area contributed by atoms with Gasteiger partial charge in [0.2, 0.25) is 5.91 Å². The van der Waals surface area contributed by atoms with Gasteiger partial charge in [0.1, 0.15) is 0 Å². The van der Waals surface area contributed by atoms with E-state index < -0.39 is 0 Å². The molecule has 5 nitrogen and oxygen atoms in total. The summed E-state index contributed by atoms with van der Waals surface area (Å²) in [4.78, 5) is 18.0. The third-order valence-corrected chi connectivity index (χ3v) is 3.39. The average molecular weight is 238 g/mol. The number of piperazine rings is 1. The highest BCUT2D eigenvalue weighted by Crippen LogP contribution is 2.06. The first kappa shape index (κ1) is 13.9. The van der Waals surface area contributed by atoms with Crippen LogP contribution in [0.15, 0.2) is 0 Å². The lowest BCUT2D eigenvalue weighted by molar-refractivity contribution is -0.131. The Morgan fingerprint density at radius 1 is 1.53 bits per heavy atom. The first-order valence-corrected chi connectivity index (χ1v) is 6.08. The SMILES string of the molecule is CC1CN(CC(=O)N(C)CCC#N)CCN1C. The molecule has 0 radical (unpaired) electrons. The Kier molecular flexibility index (Phi) is 5.39. The third kappa shape index (κ3) is 4.33. The molecule has 1 rings (SSSR count). The molecular formula is C12H22N4O. The summed E-state index contributed by atoms with van der Waals surface area (Å²) in [6.45, 7) is 6.07. The van der Waals surface area contributed by atoms with Gasteiger partial charge in [-0.1, -0.05) is 0 Å². The highest BCUT2D eigenvalue weighted by molar-refractivity contribution is 5.78. The topological polar surface area (TPSA) is 50.6 Å². The van der Waals surface area contributed by atoms with Crippen molar-refractivity contribution in [3.63, 3.8) is 0 Å². The fourth-order valence-corrected chi connectivity index (χ4v) is 1.92. The molecule has 1 aliphatic heterocycles. The number of nitriles is 1. The summed E-state index contributed by atoms with van der Waals surface area (Å²) in [5.74, 6) is 0.108. The molecule has 1 atom stereocenters. The van der Waals surface area contributed by atoms with Gasteiger partial charge in [0, 0.05) is 39.3 Å². The standard InChI is InChI=1S/C12H22N4O/c1-11-9-16(8-7-14(11)2)10-12(17)15(3)6-4-5-13/h11H,4,6-10H2,1-3H3. The first-order chi connectivity index (χ1) is 8.04. The fourth-order valence-electron chi connectivity index (χ4n) is 1.92. The maximum atomic E-state index is 11.9. The molecule has 0 aromatic carbocycles. The number of carbonyl (C=O) groups excluding carboxylic acids is 1. The van der Waals surface area contributed by atoms with Gasteiger partial charge < -0.3 is 9.80 Å². The normalized spacial score (nSPS) is 22.1. The van der Waals surface area contributed by atoms with Gasteiger partial charge in [-0.2, -0.15) is 5.26 Å². The lowest BCUT2D eigenvalue weighted by Gasteiger charge is -2.37. The lowest BCUT2D eigenvalue weighted by atomic mass is 10.2. The maximum absolute atomic E-state index is 11.9. The number of carbonyl (C=O) groups is 1. The Bertz CT molecular complexity index is 299. The molecule has 0 aliphatic carbocycles. The van der Waals surface area contributed by atoms with Crippen LogP contribution >= 0.6 is 0 Å². The molecule has 1 saturated heterocycles. The molecule has 96 valence electrons. The van der Waals surface area contributed by atoms with E-state index in [0.29, 0.717) is 25.6 Å². The van der Waals surface area contributed by atoms with Crippen LogP contribution < -0.4 is 0 Å². The monoisotopic (exact) mass is 238 g/mol. The van der Waals surface area contributed by atoms with E-state index in [9.17, 15) is 4.79 Å². The van der Waals surface area contributed by atoms with Gasteiger partial charge in [-0.3, -0.25) is 9.69 Å². The van der Waals surface area contributed by atoms with E-state index in [1.165, 1.54) is 0 Å². The summed E-state index contributed by atoms with van der Waals surface area (Å²) in [5, 5.41) is 8.48. The van der Waals surface area contributed by atoms with E-state index in [1.54, 1.807) is 11.9 Å². The number of hydrogen-bond donors (Lipinski definition) is 0. The van der Waals surface area contributed by atoms with Crippen molar-refractivity contribution in [3.8, 4) is 6.07 Å². The van der Waals surface area contributed by atoms with Crippen molar-refractivity contribution in [1.82, 2.24) is 14.7 Å². The number of hydrogen-bond acceptors (Lipinski definition) is 4. The molecule has 0 aromatic rings. The number of nitrogens with zero attached hydrogens (tertiary/aromatic N) is 4. The third-order valence-electron chi connectivity index (χ3n) is 3.39. The summed E-state index contributed by atoms with van der Waals surface area (Å²) in [7, 11) is 3.88. The predicted molar refractivity (Wildman–Crippen MR) is 66.4 cm³/mol. The quantitative estimate of drug-likeness (QED) is 0.691. The Morgan fingerprint density at radius 3 is 2.82 bits per heavy atom. The largest absolute Gasteiger partial charge is 0.344 e. The van der Waals surface area contributed by atoms with Crippen molar-refractivity contribution < 1.29 is 4.79 Å². The number of amides is 1. The minimum absolute atomic E-state index is 0.108. The molecule has 1 amide bonds. The summed E-state index contributed by atoms with van der Waals surface area (Å²) in [5.41, 5.74) is 0. The lowest BCUT2D eigenvalue weighted by Crippen LogP contribution is -2.52. The van der Waals surface area contributed by atoms with Crippen LogP contribution in [-0.4, -0.2) is 73.5 Å². The van der Waals surface area contributed by atoms with E-state index in [1.807, 2.05) is 0 Å². The van der Waals surface area contributed by atoms with E-state index in [-0.39, 0.29) is 5.91 Å².